The maximum absolute atomic E-state index is 13.3. The number of anilines is 1. The third-order valence-electron chi connectivity index (χ3n) is 2.87. The van der Waals surface area contributed by atoms with E-state index in [9.17, 15) is 9.18 Å². The van der Waals surface area contributed by atoms with Gasteiger partial charge in [-0.2, -0.15) is 0 Å². The lowest BCUT2D eigenvalue weighted by molar-refractivity contribution is -0.118. The number of nitrogens with one attached hydrogen (secondary N) is 1. The molecule has 0 aliphatic heterocycles. The van der Waals surface area contributed by atoms with Gasteiger partial charge in [-0.15, -0.1) is 11.3 Å². The van der Waals surface area contributed by atoms with Gasteiger partial charge in [-0.05, 0) is 30.7 Å². The van der Waals surface area contributed by atoms with Crippen LogP contribution in [0.1, 0.15) is 5.56 Å². The first-order valence-electron chi connectivity index (χ1n) is 6.28. The molecule has 0 spiro atoms. The molecule has 0 saturated heterocycles. The number of benzene rings is 1. The Morgan fingerprint density at radius 1 is 1.57 bits per heavy atom. The summed E-state index contributed by atoms with van der Waals surface area (Å²) in [4.78, 5) is 16.0. The predicted octanol–water partition coefficient (Wildman–Crippen LogP) is 2.17. The van der Waals surface area contributed by atoms with Crippen LogP contribution in [0.3, 0.4) is 0 Å². The van der Waals surface area contributed by atoms with Gasteiger partial charge >= 0.3 is 0 Å². The fourth-order valence-corrected chi connectivity index (χ4v) is 2.44. The van der Waals surface area contributed by atoms with Crippen molar-refractivity contribution in [1.82, 2.24) is 4.98 Å². The SMILES string of the molecule is COCC(N)C(=O)Nc1nc(-c2ccc(F)c(C)c2)cs1. The first-order valence-corrected chi connectivity index (χ1v) is 7.16. The second kappa shape index (κ2) is 6.75. The second-order valence-electron chi connectivity index (χ2n) is 4.55. The molecule has 2 rings (SSSR count). The van der Waals surface area contributed by atoms with Crippen molar-refractivity contribution in [2.45, 2.75) is 13.0 Å². The molecule has 112 valence electrons. The molecule has 7 heteroatoms. The van der Waals surface area contributed by atoms with Gasteiger partial charge in [0.1, 0.15) is 11.9 Å². The molecule has 2 aromatic rings. The van der Waals surface area contributed by atoms with Crippen molar-refractivity contribution in [3.8, 4) is 11.3 Å². The molecular weight excluding hydrogens is 293 g/mol. The first-order chi connectivity index (χ1) is 10.0. The summed E-state index contributed by atoms with van der Waals surface area (Å²) in [5.41, 5.74) is 7.65. The van der Waals surface area contributed by atoms with Gasteiger partial charge in [-0.25, -0.2) is 9.37 Å². The summed E-state index contributed by atoms with van der Waals surface area (Å²) in [5, 5.41) is 4.88. The molecule has 0 fully saturated rings. The summed E-state index contributed by atoms with van der Waals surface area (Å²) in [6, 6.07) is 4.03. The zero-order valence-electron chi connectivity index (χ0n) is 11.7. The maximum atomic E-state index is 13.3. The largest absolute Gasteiger partial charge is 0.383 e. The van der Waals surface area contributed by atoms with Crippen LogP contribution in [-0.4, -0.2) is 30.6 Å². The number of carbonyl (C=O) groups excluding carboxylic acids is 1. The van der Waals surface area contributed by atoms with Gasteiger partial charge in [0.2, 0.25) is 5.91 Å². The number of amides is 1. The molecule has 1 heterocycles. The van der Waals surface area contributed by atoms with Crippen molar-refractivity contribution < 1.29 is 13.9 Å². The average molecular weight is 309 g/mol. The van der Waals surface area contributed by atoms with E-state index in [1.165, 1.54) is 24.5 Å². The van der Waals surface area contributed by atoms with Crippen molar-refractivity contribution >= 4 is 22.4 Å². The number of nitrogens with two attached hydrogens (primary N) is 1. The van der Waals surface area contributed by atoms with Crippen LogP contribution < -0.4 is 11.1 Å². The zero-order valence-corrected chi connectivity index (χ0v) is 12.5. The number of carbonyl (C=O) groups is 1. The number of nitrogens with zero attached hydrogens (tertiary/aromatic N) is 1. The fraction of sp³-hybridized carbons (Fsp3) is 0.286. The van der Waals surface area contributed by atoms with Gasteiger partial charge in [0.25, 0.3) is 0 Å². The molecule has 1 aromatic heterocycles. The molecule has 5 nitrogen and oxygen atoms in total. The molecule has 1 amide bonds. The molecule has 0 bridgehead atoms. The normalized spacial score (nSPS) is 12.2. The van der Waals surface area contributed by atoms with Crippen LogP contribution in [0.25, 0.3) is 11.3 Å². The monoisotopic (exact) mass is 309 g/mol. The Kier molecular flexibility index (Phi) is 5.00. The van der Waals surface area contributed by atoms with E-state index in [-0.39, 0.29) is 18.3 Å². The van der Waals surface area contributed by atoms with Crippen LogP contribution in [0.5, 0.6) is 0 Å². The van der Waals surface area contributed by atoms with Crippen LogP contribution in [0.15, 0.2) is 23.6 Å². The van der Waals surface area contributed by atoms with Crippen LogP contribution in [0, 0.1) is 12.7 Å². The molecule has 0 aliphatic carbocycles. The van der Waals surface area contributed by atoms with Crippen LogP contribution in [0.4, 0.5) is 9.52 Å². The van der Waals surface area contributed by atoms with Gasteiger partial charge in [0.15, 0.2) is 5.13 Å². The number of hydrogen-bond donors (Lipinski definition) is 2. The Bertz CT molecular complexity index is 645. The van der Waals surface area contributed by atoms with E-state index in [1.807, 2.05) is 0 Å². The van der Waals surface area contributed by atoms with Crippen molar-refractivity contribution in [3.63, 3.8) is 0 Å². The highest BCUT2D eigenvalue weighted by molar-refractivity contribution is 7.14. The van der Waals surface area contributed by atoms with Crippen LogP contribution in [-0.2, 0) is 9.53 Å². The lowest BCUT2D eigenvalue weighted by atomic mass is 10.1. The van der Waals surface area contributed by atoms with Gasteiger partial charge < -0.3 is 15.8 Å². The fourth-order valence-electron chi connectivity index (χ4n) is 1.72. The molecule has 0 saturated carbocycles. The molecular formula is C14H16FN3O2S. The minimum atomic E-state index is -0.740. The summed E-state index contributed by atoms with van der Waals surface area (Å²) < 4.78 is 18.1. The molecule has 0 aliphatic rings. The Morgan fingerprint density at radius 2 is 2.33 bits per heavy atom. The van der Waals surface area contributed by atoms with Crippen molar-refractivity contribution in [2.24, 2.45) is 5.73 Å². The van der Waals surface area contributed by atoms with Crippen molar-refractivity contribution in [3.05, 3.63) is 35.0 Å². The number of thiazole rings is 1. The maximum Gasteiger partial charge on any atom is 0.245 e. The molecule has 1 aromatic carbocycles. The minimum Gasteiger partial charge on any atom is -0.383 e. The lowest BCUT2D eigenvalue weighted by Crippen LogP contribution is -2.39. The van der Waals surface area contributed by atoms with Crippen LogP contribution >= 0.6 is 11.3 Å². The number of halogens is 1. The summed E-state index contributed by atoms with van der Waals surface area (Å²) >= 11 is 1.29. The zero-order chi connectivity index (χ0) is 15.4. The van der Waals surface area contributed by atoms with Crippen LogP contribution in [0.2, 0.25) is 0 Å². The van der Waals surface area contributed by atoms with E-state index >= 15 is 0 Å². The van der Waals surface area contributed by atoms with Gasteiger partial charge in [-0.1, -0.05) is 0 Å². The Labute approximate surface area is 126 Å². The lowest BCUT2D eigenvalue weighted by Gasteiger charge is -2.08. The standard InChI is InChI=1S/C14H16FN3O2S/c1-8-5-9(3-4-10(8)15)12-7-21-14(17-12)18-13(19)11(16)6-20-2/h3-5,7,11H,6,16H2,1-2H3,(H,17,18,19). The Balaban J connectivity index is 2.11. The summed E-state index contributed by atoms with van der Waals surface area (Å²) in [7, 11) is 1.48. The smallest absolute Gasteiger partial charge is 0.245 e. The van der Waals surface area contributed by atoms with Gasteiger partial charge in [0.05, 0.1) is 12.3 Å². The number of aryl methyl sites for hydroxylation is 1. The first kappa shape index (κ1) is 15.6. The van der Waals surface area contributed by atoms with E-state index in [4.69, 9.17) is 10.5 Å². The predicted molar refractivity (Wildman–Crippen MR) is 80.7 cm³/mol. The minimum absolute atomic E-state index is 0.140. The van der Waals surface area contributed by atoms with Gasteiger partial charge in [-0.3, -0.25) is 4.79 Å². The quantitative estimate of drug-likeness (QED) is 0.887. The molecule has 21 heavy (non-hydrogen) atoms. The molecule has 3 N–H and O–H groups in total. The van der Waals surface area contributed by atoms with E-state index in [0.717, 1.165) is 5.56 Å². The summed E-state index contributed by atoms with van der Waals surface area (Å²) in [6.07, 6.45) is 0. The molecule has 1 unspecified atom stereocenters. The Morgan fingerprint density at radius 3 is 3.00 bits per heavy atom. The molecule has 1 atom stereocenters. The second-order valence-corrected chi connectivity index (χ2v) is 5.41. The molecule has 0 radical (unpaired) electrons. The summed E-state index contributed by atoms with van der Waals surface area (Å²) in [5.74, 6) is -0.610. The third-order valence-corrected chi connectivity index (χ3v) is 3.63. The number of hydrogen-bond acceptors (Lipinski definition) is 5. The highest BCUT2D eigenvalue weighted by Crippen LogP contribution is 2.26. The number of ether oxygens (including phenoxy) is 1. The number of aromatic nitrogens is 1. The van der Waals surface area contributed by atoms with E-state index < -0.39 is 6.04 Å². The Hall–Kier alpha value is -1.83. The average Bonchev–Trinajstić information content (AvgIpc) is 2.90. The highest BCUT2D eigenvalue weighted by atomic mass is 32.1. The van der Waals surface area contributed by atoms with Gasteiger partial charge in [0, 0.05) is 18.1 Å². The summed E-state index contributed by atoms with van der Waals surface area (Å²) in [6.45, 7) is 1.83. The number of methoxy groups -OCH3 is 1. The topological polar surface area (TPSA) is 77.2 Å². The van der Waals surface area contributed by atoms with E-state index in [0.29, 0.717) is 16.4 Å². The van der Waals surface area contributed by atoms with E-state index in [2.05, 4.69) is 10.3 Å². The third kappa shape index (κ3) is 3.84. The van der Waals surface area contributed by atoms with Crippen molar-refractivity contribution in [1.29, 1.82) is 0 Å². The number of rotatable bonds is 5. The van der Waals surface area contributed by atoms with E-state index in [1.54, 1.807) is 24.4 Å². The highest BCUT2D eigenvalue weighted by Gasteiger charge is 2.15. The van der Waals surface area contributed by atoms with Crippen molar-refractivity contribution in [2.75, 3.05) is 19.0 Å².